The van der Waals surface area contributed by atoms with Crippen LogP contribution >= 0.6 is 0 Å². The normalized spacial score (nSPS) is 24.1. The van der Waals surface area contributed by atoms with E-state index in [2.05, 4.69) is 242 Å². The van der Waals surface area contributed by atoms with Crippen molar-refractivity contribution < 1.29 is 31.9 Å². The lowest BCUT2D eigenvalue weighted by molar-refractivity contribution is -0.130. The summed E-state index contributed by atoms with van der Waals surface area (Å²) in [7, 11) is -4.00. The lowest BCUT2D eigenvalue weighted by Gasteiger charge is -2.37. The molecule has 11 heterocycles. The predicted molar refractivity (Wildman–Crippen MR) is 526 cm³/mol. The van der Waals surface area contributed by atoms with Crippen LogP contribution in [0.25, 0.3) is 0 Å². The number of likely N-dealkylation sites (tertiary alicyclic amines) is 8. The molecule has 121 heavy (non-hydrogen) atoms. The summed E-state index contributed by atoms with van der Waals surface area (Å²) in [5, 5.41) is 2.98. The molecule has 0 spiro atoms. The van der Waals surface area contributed by atoms with Crippen LogP contribution in [-0.2, 0) is 38.5 Å². The fraction of sp³-hybridized carbons (Fsp3) is 0.948. The summed E-state index contributed by atoms with van der Waals surface area (Å²) >= 11 is 0. The van der Waals surface area contributed by atoms with Gasteiger partial charge in [-0.05, 0) is 358 Å². The van der Waals surface area contributed by atoms with E-state index in [1.54, 1.807) is 40.2 Å². The fourth-order valence-corrected chi connectivity index (χ4v) is 19.4. The highest BCUT2D eigenvalue weighted by Gasteiger charge is 2.32. The van der Waals surface area contributed by atoms with Crippen LogP contribution in [0.5, 0.6) is 0 Å². The number of amides is 2. The van der Waals surface area contributed by atoms with Gasteiger partial charge in [-0.1, -0.05) is 19.8 Å². The Morgan fingerprint density at radius 1 is 0.397 bits per heavy atom. The monoisotopic (exact) mass is 1760 g/mol. The Kier molecular flexibility index (Phi) is 61.0. The van der Waals surface area contributed by atoms with Crippen molar-refractivity contribution in [2.45, 2.75) is 400 Å². The number of ketones is 1. The molecular weight excluding hydrogens is 1550 g/mol. The molecule has 720 valence electrons. The molecule has 24 heteroatoms. The Bertz CT molecular complexity index is 2790. The van der Waals surface area contributed by atoms with Gasteiger partial charge in [-0.25, -0.2) is 13.4 Å². The number of carbonyl (C=O) groups excluding carboxylic acids is 3. The second-order valence-corrected chi connectivity index (χ2v) is 45.4. The van der Waals surface area contributed by atoms with Crippen molar-refractivity contribution in [3.8, 4) is 0 Å². The van der Waals surface area contributed by atoms with Crippen LogP contribution in [0.15, 0.2) is 0 Å². The van der Waals surface area contributed by atoms with Crippen molar-refractivity contribution in [3.05, 3.63) is 0 Å². The quantitative estimate of drug-likeness (QED) is 0.132. The van der Waals surface area contributed by atoms with E-state index in [4.69, 9.17) is 4.74 Å². The van der Waals surface area contributed by atoms with Crippen molar-refractivity contribution in [2.75, 3.05) is 189 Å². The highest BCUT2D eigenvalue weighted by molar-refractivity contribution is 7.98. The second kappa shape index (κ2) is 63.1. The Balaban J connectivity index is 0.000000668. The number of nitrogens with one attached hydrogen (secondary N) is 2. The van der Waals surface area contributed by atoms with Gasteiger partial charge in [0.25, 0.3) is 0 Å². The average molecular weight is 1760 g/mol. The maximum Gasteiger partial charge on any atom is 0.219 e. The van der Waals surface area contributed by atoms with E-state index >= 15 is 0 Å². The number of ether oxygens (including phenoxy) is 1. The number of rotatable bonds is 17. The van der Waals surface area contributed by atoms with Gasteiger partial charge >= 0.3 is 0 Å². The second-order valence-electron chi connectivity index (χ2n) is 40.7. The van der Waals surface area contributed by atoms with Crippen LogP contribution < -0.4 is 10.0 Å². The first-order valence-corrected chi connectivity index (χ1v) is 53.3. The van der Waals surface area contributed by atoms with Gasteiger partial charge in [0, 0.05) is 235 Å². The smallest absolute Gasteiger partial charge is 0.219 e. The minimum absolute atomic E-state index is 0.1000. The van der Waals surface area contributed by atoms with Crippen LogP contribution in [-0.4, -0.2) is 380 Å². The van der Waals surface area contributed by atoms with E-state index in [1.807, 2.05) is 9.21 Å². The molecule has 21 nitrogen and oxygen atoms in total. The van der Waals surface area contributed by atoms with Gasteiger partial charge in [0.05, 0.1) is 13.2 Å². The number of nitrogens with zero attached hydrogens (tertiary/aromatic N) is 13. The van der Waals surface area contributed by atoms with Gasteiger partial charge in [-0.3, -0.25) is 37.6 Å². The van der Waals surface area contributed by atoms with Gasteiger partial charge < -0.3 is 54.0 Å². The molecule has 0 aliphatic carbocycles. The summed E-state index contributed by atoms with van der Waals surface area (Å²) in [6.07, 6.45) is 25.3. The molecule has 11 fully saturated rings. The van der Waals surface area contributed by atoms with Gasteiger partial charge in [0.15, 0.2) is 0 Å². The van der Waals surface area contributed by atoms with Gasteiger partial charge in [-0.2, -0.15) is 0 Å². The lowest BCUT2D eigenvalue weighted by atomic mass is 9.95. The third-order valence-corrected chi connectivity index (χ3v) is 28.7. The molecule has 2 N–H and O–H groups in total. The average Bonchev–Trinajstić information content (AvgIpc) is 1.24. The molecule has 0 aromatic rings. The van der Waals surface area contributed by atoms with E-state index < -0.39 is 25.1 Å². The van der Waals surface area contributed by atoms with Crippen molar-refractivity contribution >= 4 is 48.8 Å². The minimum atomic E-state index is -2.03. The molecular formula is C97H202FN15O6S2. The number of morpholine rings is 1. The number of halogens is 1. The third-order valence-electron chi connectivity index (χ3n) is 26.4. The van der Waals surface area contributed by atoms with E-state index in [1.165, 1.54) is 123 Å². The zero-order valence-electron chi connectivity index (χ0n) is 84.9. The zero-order chi connectivity index (χ0) is 91.9. The predicted octanol–water partition coefficient (Wildman–Crippen LogP) is 14.9. The molecule has 4 unspecified atom stereocenters. The largest absolute Gasteiger partial charge is 0.379 e. The maximum atomic E-state index is 13.3. The molecule has 11 aliphatic rings. The van der Waals surface area contributed by atoms with Gasteiger partial charge in [0.1, 0.15) is 11.5 Å². The molecule has 11 aliphatic heterocycles. The Morgan fingerprint density at radius 2 is 0.727 bits per heavy atom. The van der Waals surface area contributed by atoms with Crippen LogP contribution in [0.3, 0.4) is 0 Å². The zero-order valence-corrected chi connectivity index (χ0v) is 86.6. The first-order chi connectivity index (χ1) is 56.4. The van der Waals surface area contributed by atoms with E-state index in [9.17, 15) is 27.2 Å². The summed E-state index contributed by atoms with van der Waals surface area (Å²) in [4.78, 5) is 61.8. The van der Waals surface area contributed by atoms with Crippen molar-refractivity contribution in [1.82, 2.24) is 73.1 Å². The fourth-order valence-electron chi connectivity index (χ4n) is 17.5. The summed E-state index contributed by atoms with van der Waals surface area (Å²) in [5.74, 6) is 9.56. The number of hydrogen-bond acceptors (Lipinski definition) is 17. The standard InChI is InChI=1S/C10H22N2OS.C10H20N2O.C10H19NO.C9H18FN.C9H20N2OS.C9H18N2O.2C9H19N.C8H17N.C7H15NO.C7H15N/c1-9(2)12-7-5-10(6-8-12)11-14(3,4)13;1-8(2)12-6-4-10(5-7-12)11-9(3)13;1-8(2)11-5-4-10(7-11)6-9(3)12;1-8(2)11-6-4-9(3,10)5-7-11;1-9(2)10-5-7-11(8-6-10)13(3,4)12;1-8(2)10-4-6-11(7-5-10)9(3)12;1-8(2)10-6-4-9(3)5-7-10;1-8(2)10-7-5-4-6-9(10)3;1-8(2)9-6-4-3-5-7-9;1-7(2)8-3-5-9-6-4-8;1-7(2)8-5-3-4-6-8/h9-10H,3,5-8H2,1-2,4H3,(H,11,13);8,10H,4-7H2,1-3H3,(H,11,13);8,10H,4-7H2,1-3H3;8H,4-7H2,1-3H3;9H,3,5-8H2,1-2,4H3;8H,4-7H2,1-3H3;2*8-9H,4-7H2,1-3H3;8H,3-7H2,1-2H3;7H,3-6H2,1-2H3;7H,3-6H2,1-2H3. The molecule has 11 saturated heterocycles. The van der Waals surface area contributed by atoms with Crippen molar-refractivity contribution in [3.63, 3.8) is 0 Å². The first kappa shape index (κ1) is 117. The highest BCUT2D eigenvalue weighted by atomic mass is 32.2. The van der Waals surface area contributed by atoms with Crippen LogP contribution in [0.1, 0.15) is 309 Å². The van der Waals surface area contributed by atoms with Crippen LogP contribution in [0, 0.1) is 11.8 Å². The molecule has 0 radical (unpaired) electrons. The number of carbonyl (C=O) groups is 3. The summed E-state index contributed by atoms with van der Waals surface area (Å²) in [6, 6.07) is 9.05. The number of piperazine rings is 2. The van der Waals surface area contributed by atoms with E-state index in [0.29, 0.717) is 78.9 Å². The number of Topliss-reactive ketones (excluding diaryl/α,β-unsaturated/α-hetero) is 1. The first-order valence-electron chi connectivity index (χ1n) is 49.0. The topological polar surface area (TPSA) is 161 Å². The molecule has 4 atom stereocenters. The maximum absolute atomic E-state index is 13.3. The van der Waals surface area contributed by atoms with Gasteiger partial charge in [-0.15, -0.1) is 0 Å². The lowest BCUT2D eigenvalue weighted by Crippen LogP contribution is -2.50. The molecule has 0 bridgehead atoms. The summed E-state index contributed by atoms with van der Waals surface area (Å²) in [5.41, 5.74) is -0.897. The van der Waals surface area contributed by atoms with E-state index in [0.717, 1.165) is 193 Å². The number of piperidine rings is 6. The summed E-state index contributed by atoms with van der Waals surface area (Å²) in [6.45, 7) is 90.1. The SMILES string of the molecule is C=S(C)(=O)N1CCN(C(C)C)CC1.C=S(C)(=O)NC1CCN(C(C)C)CC1.CC(=O)CC1CCN(C(C)C)C1.CC(=O)N1CCN(C(C)C)CC1.CC(=O)NC1CCN(C(C)C)CC1.CC(C)N1CCC(C)(F)CC1.CC(C)N1CCCC1.CC(C)N1CCCCC1.CC(C)N1CCCCC1C.CC(C)N1CCOCC1.CC1CCN(C(C)C)CC1. The molecule has 2 amide bonds. The number of alkyl halides is 1. The molecule has 0 aromatic carbocycles. The van der Waals surface area contributed by atoms with E-state index in [-0.39, 0.29) is 11.8 Å². The Hall–Kier alpha value is -1.98. The number of hydrogen-bond donors (Lipinski definition) is 2. The molecule has 11 rings (SSSR count). The highest BCUT2D eigenvalue weighted by Crippen LogP contribution is 2.27. The third kappa shape index (κ3) is 55.0. The molecule has 0 aromatic heterocycles. The van der Waals surface area contributed by atoms with Crippen molar-refractivity contribution in [2.24, 2.45) is 11.8 Å². The van der Waals surface area contributed by atoms with Gasteiger partial charge in [0.2, 0.25) is 11.8 Å². The Morgan fingerprint density at radius 3 is 1.04 bits per heavy atom. The minimum Gasteiger partial charge on any atom is -0.379 e. The molecule has 0 saturated carbocycles. The Labute approximate surface area is 750 Å². The van der Waals surface area contributed by atoms with Crippen molar-refractivity contribution in [1.29, 1.82) is 0 Å². The van der Waals surface area contributed by atoms with Crippen LogP contribution in [0.2, 0.25) is 0 Å². The van der Waals surface area contributed by atoms with Crippen LogP contribution in [0.4, 0.5) is 4.39 Å². The summed E-state index contributed by atoms with van der Waals surface area (Å²) < 4.78 is 46.6.